The highest BCUT2D eigenvalue weighted by Crippen LogP contribution is 2.27. The summed E-state index contributed by atoms with van der Waals surface area (Å²) in [6.07, 6.45) is 8.20. The number of rotatable bonds is 6. The van der Waals surface area contributed by atoms with Crippen molar-refractivity contribution in [2.45, 2.75) is 52.4 Å². The van der Waals surface area contributed by atoms with Crippen LogP contribution in [0.25, 0.3) is 0 Å². The van der Waals surface area contributed by atoms with E-state index in [4.69, 9.17) is 4.74 Å². The topological polar surface area (TPSA) is 43.4 Å². The summed E-state index contributed by atoms with van der Waals surface area (Å²) < 4.78 is 5.09. The summed E-state index contributed by atoms with van der Waals surface area (Å²) in [5.41, 5.74) is 0.244. The summed E-state index contributed by atoms with van der Waals surface area (Å²) in [6.45, 7) is 3.88. The molecular weight excluding hydrogens is 216 g/mol. The molecule has 0 radical (unpaired) electrons. The van der Waals surface area contributed by atoms with Crippen molar-refractivity contribution in [3.05, 3.63) is 11.6 Å². The Hall–Kier alpha value is -1.12. The van der Waals surface area contributed by atoms with E-state index in [1.807, 2.05) is 13.0 Å². The van der Waals surface area contributed by atoms with Crippen LogP contribution >= 0.6 is 0 Å². The lowest BCUT2D eigenvalue weighted by Crippen LogP contribution is -2.15. The lowest BCUT2D eigenvalue weighted by atomic mass is 10.0. The number of hydrogen-bond donors (Lipinski definition) is 0. The summed E-state index contributed by atoms with van der Waals surface area (Å²) in [7, 11) is 0. The number of Topliss-reactive ketones (excluding diaryl/α,β-unsaturated/α-hetero) is 1. The van der Waals surface area contributed by atoms with Crippen LogP contribution in [-0.2, 0) is 14.3 Å². The van der Waals surface area contributed by atoms with Gasteiger partial charge < -0.3 is 4.74 Å². The highest BCUT2D eigenvalue weighted by atomic mass is 16.5. The van der Waals surface area contributed by atoms with Crippen LogP contribution in [-0.4, -0.2) is 18.4 Å². The smallest absolute Gasteiger partial charge is 0.341 e. The van der Waals surface area contributed by atoms with Crippen LogP contribution in [0, 0.1) is 5.92 Å². The van der Waals surface area contributed by atoms with E-state index in [9.17, 15) is 9.59 Å². The maximum absolute atomic E-state index is 11.7. The number of ether oxygens (including phenoxy) is 1. The first-order chi connectivity index (χ1) is 8.15. The Labute approximate surface area is 103 Å². The number of carbonyl (C=O) groups is 2. The van der Waals surface area contributed by atoms with Crippen LogP contribution in [0.15, 0.2) is 11.6 Å². The van der Waals surface area contributed by atoms with Crippen molar-refractivity contribution in [2.24, 2.45) is 5.92 Å². The van der Waals surface area contributed by atoms with E-state index in [-0.39, 0.29) is 11.4 Å². The molecule has 96 valence electrons. The van der Waals surface area contributed by atoms with Gasteiger partial charge in [0.15, 0.2) is 5.78 Å². The van der Waals surface area contributed by atoms with E-state index in [0.29, 0.717) is 12.5 Å². The van der Waals surface area contributed by atoms with Gasteiger partial charge in [-0.05, 0) is 32.1 Å². The maximum Gasteiger partial charge on any atom is 0.341 e. The molecule has 17 heavy (non-hydrogen) atoms. The van der Waals surface area contributed by atoms with E-state index >= 15 is 0 Å². The maximum atomic E-state index is 11.7. The van der Waals surface area contributed by atoms with E-state index in [1.165, 1.54) is 19.8 Å². The number of carbonyl (C=O) groups excluding carboxylic acids is 2. The molecule has 0 bridgehead atoms. The Balaban J connectivity index is 2.57. The van der Waals surface area contributed by atoms with Crippen LogP contribution in [0.1, 0.15) is 52.4 Å². The third kappa shape index (κ3) is 4.72. The van der Waals surface area contributed by atoms with Gasteiger partial charge in [0.1, 0.15) is 0 Å². The highest BCUT2D eigenvalue weighted by molar-refractivity contribution is 6.16. The van der Waals surface area contributed by atoms with Gasteiger partial charge in [-0.3, -0.25) is 4.79 Å². The van der Waals surface area contributed by atoms with Crippen molar-refractivity contribution in [1.82, 2.24) is 0 Å². The molecule has 0 aromatic rings. The van der Waals surface area contributed by atoms with E-state index < -0.39 is 5.97 Å². The van der Waals surface area contributed by atoms with Crippen LogP contribution in [0.5, 0.6) is 0 Å². The Morgan fingerprint density at radius 3 is 2.47 bits per heavy atom. The zero-order valence-corrected chi connectivity index (χ0v) is 10.8. The molecule has 1 fully saturated rings. The SMILES string of the molecule is CCCCOC(=O)C(=CC1CCCC1)C(C)=O. The second-order valence-electron chi connectivity index (χ2n) is 4.67. The molecule has 0 N–H and O–H groups in total. The summed E-state index contributed by atoms with van der Waals surface area (Å²) >= 11 is 0. The molecule has 1 saturated carbocycles. The zero-order chi connectivity index (χ0) is 12.7. The van der Waals surface area contributed by atoms with Crippen LogP contribution in [0.2, 0.25) is 0 Å². The minimum Gasteiger partial charge on any atom is -0.462 e. The monoisotopic (exact) mass is 238 g/mol. The molecule has 0 aliphatic heterocycles. The molecule has 1 aliphatic rings. The number of ketones is 1. The molecule has 0 spiro atoms. The van der Waals surface area contributed by atoms with Crippen molar-refractivity contribution in [3.8, 4) is 0 Å². The van der Waals surface area contributed by atoms with Gasteiger partial charge in [0.25, 0.3) is 0 Å². The van der Waals surface area contributed by atoms with Gasteiger partial charge in [-0.2, -0.15) is 0 Å². The van der Waals surface area contributed by atoms with Gasteiger partial charge >= 0.3 is 5.97 Å². The van der Waals surface area contributed by atoms with E-state index in [2.05, 4.69) is 0 Å². The van der Waals surface area contributed by atoms with Crippen molar-refractivity contribution >= 4 is 11.8 Å². The molecule has 3 heteroatoms. The number of allylic oxidation sites excluding steroid dienone is 1. The van der Waals surface area contributed by atoms with Gasteiger partial charge in [0, 0.05) is 0 Å². The molecule has 0 atom stereocenters. The number of unbranched alkanes of at least 4 members (excludes halogenated alkanes) is 1. The van der Waals surface area contributed by atoms with E-state index in [0.717, 1.165) is 25.7 Å². The van der Waals surface area contributed by atoms with Gasteiger partial charge in [0.05, 0.1) is 12.2 Å². The summed E-state index contributed by atoms with van der Waals surface area (Å²) in [6, 6.07) is 0. The molecule has 0 heterocycles. The van der Waals surface area contributed by atoms with Crippen LogP contribution < -0.4 is 0 Å². The number of esters is 1. The molecule has 1 aliphatic carbocycles. The molecule has 0 saturated heterocycles. The van der Waals surface area contributed by atoms with E-state index in [1.54, 1.807) is 0 Å². The Bertz CT molecular complexity index is 299. The fourth-order valence-electron chi connectivity index (χ4n) is 2.08. The first-order valence-electron chi connectivity index (χ1n) is 6.55. The first-order valence-corrected chi connectivity index (χ1v) is 6.55. The lowest BCUT2D eigenvalue weighted by molar-refractivity contribution is -0.140. The normalized spacial score (nSPS) is 17.2. The quantitative estimate of drug-likeness (QED) is 0.235. The van der Waals surface area contributed by atoms with Gasteiger partial charge in [-0.15, -0.1) is 0 Å². The van der Waals surface area contributed by atoms with Crippen molar-refractivity contribution in [2.75, 3.05) is 6.61 Å². The predicted molar refractivity (Wildman–Crippen MR) is 66.6 cm³/mol. The van der Waals surface area contributed by atoms with Gasteiger partial charge in [-0.25, -0.2) is 4.79 Å². The Morgan fingerprint density at radius 1 is 1.29 bits per heavy atom. The first kappa shape index (κ1) is 13.9. The Kier molecular flexibility index (Phi) is 5.95. The van der Waals surface area contributed by atoms with Crippen molar-refractivity contribution in [1.29, 1.82) is 0 Å². The second kappa shape index (κ2) is 7.25. The fourth-order valence-corrected chi connectivity index (χ4v) is 2.08. The van der Waals surface area contributed by atoms with Gasteiger partial charge in [-0.1, -0.05) is 32.3 Å². The van der Waals surface area contributed by atoms with Crippen molar-refractivity contribution in [3.63, 3.8) is 0 Å². The fraction of sp³-hybridized carbons (Fsp3) is 0.714. The lowest BCUT2D eigenvalue weighted by Gasteiger charge is -2.08. The molecular formula is C14H22O3. The summed E-state index contributed by atoms with van der Waals surface area (Å²) in [5, 5.41) is 0. The largest absolute Gasteiger partial charge is 0.462 e. The standard InChI is InChI=1S/C14H22O3/c1-3-4-9-17-14(16)13(11(2)15)10-12-7-5-6-8-12/h10,12H,3-9H2,1-2H3. The summed E-state index contributed by atoms with van der Waals surface area (Å²) in [5.74, 6) is -0.246. The zero-order valence-electron chi connectivity index (χ0n) is 10.8. The minimum absolute atomic E-state index is 0.182. The molecule has 0 unspecified atom stereocenters. The minimum atomic E-state index is -0.446. The molecule has 0 aromatic heterocycles. The molecule has 0 aromatic carbocycles. The average molecular weight is 238 g/mol. The van der Waals surface area contributed by atoms with Crippen molar-refractivity contribution < 1.29 is 14.3 Å². The molecule has 3 nitrogen and oxygen atoms in total. The average Bonchev–Trinajstić information content (AvgIpc) is 2.78. The molecule has 0 amide bonds. The third-order valence-corrected chi connectivity index (χ3v) is 3.13. The second-order valence-corrected chi connectivity index (χ2v) is 4.67. The summed E-state index contributed by atoms with van der Waals surface area (Å²) in [4.78, 5) is 23.2. The van der Waals surface area contributed by atoms with Gasteiger partial charge in [0.2, 0.25) is 0 Å². The third-order valence-electron chi connectivity index (χ3n) is 3.13. The van der Waals surface area contributed by atoms with Crippen LogP contribution in [0.3, 0.4) is 0 Å². The number of hydrogen-bond acceptors (Lipinski definition) is 3. The predicted octanol–water partition coefficient (Wildman–Crippen LogP) is 3.04. The molecule has 1 rings (SSSR count). The Morgan fingerprint density at radius 2 is 1.94 bits per heavy atom. The highest BCUT2D eigenvalue weighted by Gasteiger charge is 2.20. The van der Waals surface area contributed by atoms with Crippen LogP contribution in [0.4, 0.5) is 0 Å².